The number of ketones is 2. The van der Waals surface area contributed by atoms with Gasteiger partial charge in [-0.1, -0.05) is 31.2 Å². The number of hydrogen-bond acceptors (Lipinski definition) is 6. The molecule has 2 aromatic carbocycles. The quantitative estimate of drug-likeness (QED) is 0.227. The van der Waals surface area contributed by atoms with Crippen molar-refractivity contribution in [1.29, 1.82) is 0 Å². The fourth-order valence-electron chi connectivity index (χ4n) is 6.01. The summed E-state index contributed by atoms with van der Waals surface area (Å²) in [4.78, 5) is 42.0. The predicted molar refractivity (Wildman–Crippen MR) is 164 cm³/mol. The predicted octanol–water partition coefficient (Wildman–Crippen LogP) is 7.46. The molecule has 0 aromatic heterocycles. The van der Waals surface area contributed by atoms with Crippen molar-refractivity contribution in [2.45, 2.75) is 90.2 Å². The SMILES string of the molecule is CSc1ccc(C(=O)[C@H]2CN(C(=O)OC3CCC(C)CC3)C[C@@H]2Cc2cc(C)c(OC(C)(C)C(C)=O)c(C)c2)cc1. The molecule has 0 radical (unpaired) electrons. The molecule has 222 valence electrons. The Balaban J connectivity index is 1.55. The maximum absolute atomic E-state index is 13.8. The second-order valence-corrected chi connectivity index (χ2v) is 13.4. The number of hydrogen-bond donors (Lipinski definition) is 0. The zero-order valence-corrected chi connectivity index (χ0v) is 26.4. The molecule has 0 spiro atoms. The highest BCUT2D eigenvalue weighted by Crippen LogP contribution is 2.35. The van der Waals surface area contributed by atoms with Crippen molar-refractivity contribution in [2.24, 2.45) is 17.8 Å². The number of carbonyl (C=O) groups excluding carboxylic acids is 3. The first-order chi connectivity index (χ1) is 19.4. The minimum atomic E-state index is -0.914. The number of benzene rings is 2. The lowest BCUT2D eigenvalue weighted by Crippen LogP contribution is -2.36. The Bertz CT molecular complexity index is 1240. The first-order valence-electron chi connectivity index (χ1n) is 14.8. The zero-order chi connectivity index (χ0) is 29.9. The summed E-state index contributed by atoms with van der Waals surface area (Å²) in [5.41, 5.74) is 2.75. The number of carbonyl (C=O) groups is 3. The molecule has 1 saturated heterocycles. The van der Waals surface area contributed by atoms with E-state index in [0.717, 1.165) is 47.3 Å². The van der Waals surface area contributed by atoms with Crippen LogP contribution in [0.1, 0.15) is 80.4 Å². The summed E-state index contributed by atoms with van der Waals surface area (Å²) in [6.45, 7) is 12.2. The Morgan fingerprint density at radius 3 is 2.15 bits per heavy atom. The van der Waals surface area contributed by atoms with Gasteiger partial charge in [0.05, 0.1) is 0 Å². The van der Waals surface area contributed by atoms with E-state index in [-0.39, 0.29) is 35.6 Å². The lowest BCUT2D eigenvalue weighted by Gasteiger charge is -2.28. The molecular formula is C34H45NO5S. The minimum Gasteiger partial charge on any atom is -0.480 e. The molecule has 1 heterocycles. The van der Waals surface area contributed by atoms with Crippen LogP contribution in [0.15, 0.2) is 41.3 Å². The second-order valence-electron chi connectivity index (χ2n) is 12.6. The largest absolute Gasteiger partial charge is 0.480 e. The number of ether oxygens (including phenoxy) is 2. The number of amides is 1. The summed E-state index contributed by atoms with van der Waals surface area (Å²) < 4.78 is 12.1. The van der Waals surface area contributed by atoms with Crippen LogP contribution in [-0.4, -0.2) is 53.6 Å². The van der Waals surface area contributed by atoms with E-state index >= 15 is 0 Å². The third-order valence-corrected chi connectivity index (χ3v) is 9.61. The number of Topliss-reactive ketones (excluding diaryl/α,β-unsaturated/α-hetero) is 2. The standard InChI is InChI=1S/C34H45NO5S/c1-21-8-12-28(13-9-21)39-33(38)35-19-27(30(20-35)31(37)26-10-14-29(41-7)15-11-26)18-25-16-22(2)32(23(3)17-25)40-34(5,6)24(4)36/h10-11,14-17,21,27-28,30H,8-9,12-13,18-20H2,1-7H3/t21?,27-,28?,30-/m0/s1. The van der Waals surface area contributed by atoms with E-state index in [2.05, 4.69) is 19.1 Å². The summed E-state index contributed by atoms with van der Waals surface area (Å²) >= 11 is 1.64. The van der Waals surface area contributed by atoms with Gasteiger partial charge < -0.3 is 14.4 Å². The topological polar surface area (TPSA) is 72.9 Å². The lowest BCUT2D eigenvalue weighted by molar-refractivity contribution is -0.129. The highest BCUT2D eigenvalue weighted by Gasteiger charge is 2.41. The maximum atomic E-state index is 13.8. The van der Waals surface area contributed by atoms with E-state index < -0.39 is 5.60 Å². The molecule has 0 unspecified atom stereocenters. The van der Waals surface area contributed by atoms with Crippen LogP contribution in [0.5, 0.6) is 5.75 Å². The molecule has 6 nitrogen and oxygen atoms in total. The first kappa shape index (κ1) is 31.1. The minimum absolute atomic E-state index is 0.0343. The third kappa shape index (κ3) is 7.54. The smallest absolute Gasteiger partial charge is 0.410 e. The van der Waals surface area contributed by atoms with Crippen LogP contribution in [0.4, 0.5) is 4.79 Å². The van der Waals surface area contributed by atoms with E-state index in [1.807, 2.05) is 44.4 Å². The van der Waals surface area contributed by atoms with Crippen molar-refractivity contribution in [2.75, 3.05) is 19.3 Å². The molecule has 4 rings (SSSR count). The Kier molecular flexibility index (Phi) is 9.89. The molecule has 41 heavy (non-hydrogen) atoms. The van der Waals surface area contributed by atoms with E-state index in [1.54, 1.807) is 30.5 Å². The van der Waals surface area contributed by atoms with E-state index in [9.17, 15) is 14.4 Å². The van der Waals surface area contributed by atoms with Crippen LogP contribution in [0, 0.1) is 31.6 Å². The fourth-order valence-corrected chi connectivity index (χ4v) is 6.41. The lowest BCUT2D eigenvalue weighted by atomic mass is 9.84. The van der Waals surface area contributed by atoms with Gasteiger partial charge in [-0.2, -0.15) is 0 Å². The molecule has 2 fully saturated rings. The fraction of sp³-hybridized carbons (Fsp3) is 0.559. The number of likely N-dealkylation sites (tertiary alicyclic amines) is 1. The Morgan fingerprint density at radius 1 is 0.976 bits per heavy atom. The molecular weight excluding hydrogens is 534 g/mol. The Hall–Kier alpha value is -2.80. The van der Waals surface area contributed by atoms with Gasteiger partial charge in [0.15, 0.2) is 17.2 Å². The number of nitrogens with zero attached hydrogens (tertiary/aromatic N) is 1. The highest BCUT2D eigenvalue weighted by molar-refractivity contribution is 7.98. The molecule has 0 N–H and O–H groups in total. The molecule has 2 aliphatic rings. The van der Waals surface area contributed by atoms with Gasteiger partial charge in [-0.05, 0) is 114 Å². The summed E-state index contributed by atoms with van der Waals surface area (Å²) in [5, 5.41) is 0. The van der Waals surface area contributed by atoms with Gasteiger partial charge in [0, 0.05) is 29.5 Å². The Labute approximate surface area is 249 Å². The summed E-state index contributed by atoms with van der Waals surface area (Å²) in [6.07, 6.45) is 6.30. The van der Waals surface area contributed by atoms with Gasteiger partial charge in [0.2, 0.25) is 0 Å². The van der Waals surface area contributed by atoms with E-state index in [0.29, 0.717) is 36.7 Å². The summed E-state index contributed by atoms with van der Waals surface area (Å²) in [7, 11) is 0. The highest BCUT2D eigenvalue weighted by atomic mass is 32.2. The summed E-state index contributed by atoms with van der Waals surface area (Å²) in [5.74, 6) is 1.07. The molecule has 2 aromatic rings. The average molecular weight is 580 g/mol. The molecule has 2 atom stereocenters. The molecule has 7 heteroatoms. The van der Waals surface area contributed by atoms with E-state index in [1.165, 1.54) is 6.92 Å². The molecule has 1 saturated carbocycles. The van der Waals surface area contributed by atoms with Gasteiger partial charge in [0.1, 0.15) is 11.9 Å². The van der Waals surface area contributed by atoms with Crippen molar-refractivity contribution in [3.05, 3.63) is 58.7 Å². The normalized spacial score (nSPS) is 22.9. The number of aryl methyl sites for hydroxylation is 2. The Morgan fingerprint density at radius 2 is 1.59 bits per heavy atom. The number of thioether (sulfide) groups is 1. The van der Waals surface area contributed by atoms with Gasteiger partial charge in [-0.15, -0.1) is 11.8 Å². The maximum Gasteiger partial charge on any atom is 0.410 e. The first-order valence-corrected chi connectivity index (χ1v) is 16.0. The van der Waals surface area contributed by atoms with Crippen LogP contribution in [-0.2, 0) is 16.0 Å². The van der Waals surface area contributed by atoms with Crippen LogP contribution in [0.3, 0.4) is 0 Å². The van der Waals surface area contributed by atoms with Crippen molar-refractivity contribution in [1.82, 2.24) is 4.90 Å². The van der Waals surface area contributed by atoms with Crippen molar-refractivity contribution in [3.63, 3.8) is 0 Å². The molecule has 0 bridgehead atoms. The van der Waals surface area contributed by atoms with Gasteiger partial charge in [-0.25, -0.2) is 4.79 Å². The third-order valence-electron chi connectivity index (χ3n) is 8.86. The van der Waals surface area contributed by atoms with Gasteiger partial charge in [0.25, 0.3) is 0 Å². The van der Waals surface area contributed by atoms with Crippen molar-refractivity contribution < 1.29 is 23.9 Å². The number of rotatable bonds is 9. The summed E-state index contributed by atoms with van der Waals surface area (Å²) in [6, 6.07) is 11.9. The van der Waals surface area contributed by atoms with Crippen molar-refractivity contribution >= 4 is 29.4 Å². The molecule has 1 aliphatic heterocycles. The monoisotopic (exact) mass is 579 g/mol. The van der Waals surface area contributed by atoms with Crippen LogP contribution in [0.2, 0.25) is 0 Å². The van der Waals surface area contributed by atoms with Gasteiger partial charge >= 0.3 is 6.09 Å². The van der Waals surface area contributed by atoms with Gasteiger partial charge in [-0.3, -0.25) is 9.59 Å². The average Bonchev–Trinajstić information content (AvgIpc) is 3.35. The van der Waals surface area contributed by atoms with Crippen LogP contribution < -0.4 is 4.74 Å². The molecule has 1 amide bonds. The second kappa shape index (κ2) is 13.0. The van der Waals surface area contributed by atoms with Crippen LogP contribution in [0.25, 0.3) is 0 Å². The van der Waals surface area contributed by atoms with Crippen LogP contribution >= 0.6 is 11.8 Å². The molecule has 1 aliphatic carbocycles. The van der Waals surface area contributed by atoms with Crippen molar-refractivity contribution in [3.8, 4) is 5.75 Å². The van der Waals surface area contributed by atoms with E-state index in [4.69, 9.17) is 9.47 Å². The zero-order valence-electron chi connectivity index (χ0n) is 25.6.